The summed E-state index contributed by atoms with van der Waals surface area (Å²) in [4.78, 5) is 13.3. The molecular formula is C23H29FN6O. The van der Waals surface area contributed by atoms with E-state index < -0.39 is 6.17 Å². The Kier molecular flexibility index (Phi) is 5.14. The van der Waals surface area contributed by atoms with Gasteiger partial charge in [0.25, 0.3) is 0 Å². The Labute approximate surface area is 181 Å². The molecule has 164 valence electrons. The van der Waals surface area contributed by atoms with E-state index in [-0.39, 0.29) is 12.0 Å². The van der Waals surface area contributed by atoms with E-state index >= 15 is 0 Å². The second-order valence-electron chi connectivity index (χ2n) is 9.02. The SMILES string of the molecule is Cc1nc(N2CCC(O)C2)cc(-n2ncc3cc(C)c(C4CCN(C)CC4F)cc32)n1. The summed E-state index contributed by atoms with van der Waals surface area (Å²) in [6.07, 6.45) is 2.20. The van der Waals surface area contributed by atoms with Crippen LogP contribution in [0, 0.1) is 13.8 Å². The highest BCUT2D eigenvalue weighted by molar-refractivity contribution is 5.82. The van der Waals surface area contributed by atoms with E-state index in [0.29, 0.717) is 24.7 Å². The molecule has 2 aromatic heterocycles. The Hall–Kier alpha value is -2.58. The number of hydrogen-bond acceptors (Lipinski definition) is 6. The normalized spacial score (nSPS) is 24.9. The first-order valence-electron chi connectivity index (χ1n) is 11.0. The maximum Gasteiger partial charge on any atom is 0.159 e. The molecule has 0 amide bonds. The van der Waals surface area contributed by atoms with Crippen LogP contribution in [-0.2, 0) is 0 Å². The summed E-state index contributed by atoms with van der Waals surface area (Å²) in [6.45, 7) is 6.65. The van der Waals surface area contributed by atoms with E-state index in [1.165, 1.54) is 0 Å². The van der Waals surface area contributed by atoms with Crippen LogP contribution in [0.3, 0.4) is 0 Å². The number of alkyl halides is 1. The molecule has 1 N–H and O–H groups in total. The van der Waals surface area contributed by atoms with Gasteiger partial charge in [-0.3, -0.25) is 0 Å². The average molecular weight is 425 g/mol. The Morgan fingerprint density at radius 3 is 2.58 bits per heavy atom. The standard InChI is InChI=1S/C23H29FN6O/c1-14-8-16-11-25-30(21(16)9-19(14)18-5-6-28(3)13-20(18)24)23-10-22(26-15(2)27-23)29-7-4-17(31)12-29/h8-11,17-18,20,31H,4-7,12-13H2,1-3H3. The molecule has 1 aromatic carbocycles. The minimum atomic E-state index is -0.874. The fourth-order valence-corrected chi connectivity index (χ4v) is 4.95. The predicted octanol–water partition coefficient (Wildman–Crippen LogP) is 2.76. The minimum Gasteiger partial charge on any atom is -0.391 e. The zero-order valence-corrected chi connectivity index (χ0v) is 18.3. The maximum absolute atomic E-state index is 14.9. The van der Waals surface area contributed by atoms with Gasteiger partial charge in [0.15, 0.2) is 5.82 Å². The largest absolute Gasteiger partial charge is 0.391 e. The molecule has 2 aliphatic rings. The summed E-state index contributed by atoms with van der Waals surface area (Å²) in [5, 5.41) is 15.5. The fourth-order valence-electron chi connectivity index (χ4n) is 4.95. The van der Waals surface area contributed by atoms with Crippen LogP contribution in [0.5, 0.6) is 0 Å². The van der Waals surface area contributed by atoms with E-state index in [0.717, 1.165) is 53.8 Å². The van der Waals surface area contributed by atoms with Crippen molar-refractivity contribution in [3.8, 4) is 5.82 Å². The molecule has 2 fully saturated rings. The van der Waals surface area contributed by atoms with Crippen molar-refractivity contribution in [2.45, 2.75) is 44.9 Å². The van der Waals surface area contributed by atoms with Gasteiger partial charge in [-0.05, 0) is 63.5 Å². The Morgan fingerprint density at radius 2 is 1.84 bits per heavy atom. The molecule has 3 unspecified atom stereocenters. The van der Waals surface area contributed by atoms with Gasteiger partial charge in [0.05, 0.1) is 17.8 Å². The van der Waals surface area contributed by atoms with Crippen LogP contribution < -0.4 is 4.90 Å². The van der Waals surface area contributed by atoms with Gasteiger partial charge in [-0.1, -0.05) is 0 Å². The predicted molar refractivity (Wildman–Crippen MR) is 119 cm³/mol. The number of likely N-dealkylation sites (tertiary alicyclic amines) is 1. The molecule has 31 heavy (non-hydrogen) atoms. The van der Waals surface area contributed by atoms with Gasteiger partial charge >= 0.3 is 0 Å². The first kappa shape index (κ1) is 20.3. The van der Waals surface area contributed by atoms with Crippen LogP contribution in [-0.4, -0.2) is 75.3 Å². The molecule has 8 heteroatoms. The second-order valence-corrected chi connectivity index (χ2v) is 9.02. The Balaban J connectivity index is 1.56. The van der Waals surface area contributed by atoms with E-state index in [9.17, 15) is 9.50 Å². The van der Waals surface area contributed by atoms with Crippen LogP contribution in [0.25, 0.3) is 16.7 Å². The third-order valence-corrected chi connectivity index (χ3v) is 6.62. The number of aliphatic hydroxyl groups excluding tert-OH is 1. The monoisotopic (exact) mass is 424 g/mol. The first-order chi connectivity index (χ1) is 14.9. The number of benzene rings is 1. The molecule has 2 aliphatic heterocycles. The van der Waals surface area contributed by atoms with Crippen molar-refractivity contribution >= 4 is 16.7 Å². The van der Waals surface area contributed by atoms with Crippen molar-refractivity contribution in [2.24, 2.45) is 0 Å². The summed E-state index contributed by atoms with van der Waals surface area (Å²) in [6, 6.07) is 6.12. The molecule has 0 bridgehead atoms. The summed E-state index contributed by atoms with van der Waals surface area (Å²) < 4.78 is 16.7. The van der Waals surface area contributed by atoms with Crippen molar-refractivity contribution in [3.05, 3.63) is 41.3 Å². The zero-order chi connectivity index (χ0) is 21.7. The highest BCUT2D eigenvalue weighted by atomic mass is 19.1. The summed E-state index contributed by atoms with van der Waals surface area (Å²) in [5.41, 5.74) is 3.09. The second kappa shape index (κ2) is 7.84. The number of rotatable bonds is 3. The summed E-state index contributed by atoms with van der Waals surface area (Å²) >= 11 is 0. The highest BCUT2D eigenvalue weighted by Crippen LogP contribution is 2.35. The van der Waals surface area contributed by atoms with Crippen LogP contribution in [0.15, 0.2) is 24.4 Å². The molecule has 5 rings (SSSR count). The van der Waals surface area contributed by atoms with Gasteiger partial charge in [0, 0.05) is 37.0 Å². The lowest BCUT2D eigenvalue weighted by atomic mass is 9.85. The van der Waals surface area contributed by atoms with Crippen molar-refractivity contribution in [1.82, 2.24) is 24.6 Å². The number of piperidine rings is 1. The molecule has 3 aromatic rings. The van der Waals surface area contributed by atoms with Crippen LogP contribution >= 0.6 is 0 Å². The number of hydrogen-bond donors (Lipinski definition) is 1. The number of aryl methyl sites for hydroxylation is 2. The van der Waals surface area contributed by atoms with Gasteiger partial charge in [0.1, 0.15) is 17.8 Å². The van der Waals surface area contributed by atoms with Gasteiger partial charge in [-0.25, -0.2) is 19.0 Å². The number of halogens is 1. The molecule has 4 heterocycles. The lowest BCUT2D eigenvalue weighted by Gasteiger charge is -2.33. The van der Waals surface area contributed by atoms with E-state index in [1.807, 2.05) is 30.9 Å². The number of anilines is 1. The summed E-state index contributed by atoms with van der Waals surface area (Å²) in [5.74, 6) is 2.05. The van der Waals surface area contributed by atoms with Gasteiger partial charge in [-0.15, -0.1) is 0 Å². The van der Waals surface area contributed by atoms with Gasteiger partial charge < -0.3 is 14.9 Å². The third kappa shape index (κ3) is 3.78. The molecule has 7 nitrogen and oxygen atoms in total. The molecule has 0 saturated carbocycles. The lowest BCUT2D eigenvalue weighted by molar-refractivity contribution is 0.139. The van der Waals surface area contributed by atoms with Crippen molar-refractivity contribution in [1.29, 1.82) is 0 Å². The summed E-state index contributed by atoms with van der Waals surface area (Å²) in [7, 11) is 1.97. The number of β-amino-alcohol motifs (C(OH)–C–C–N with tert-alkyl or cyclic N) is 1. The number of nitrogens with zero attached hydrogens (tertiary/aromatic N) is 6. The van der Waals surface area contributed by atoms with Crippen molar-refractivity contribution in [3.63, 3.8) is 0 Å². The number of aromatic nitrogens is 4. The molecular weight excluding hydrogens is 395 g/mol. The highest BCUT2D eigenvalue weighted by Gasteiger charge is 2.30. The first-order valence-corrected chi connectivity index (χ1v) is 11.0. The quantitative estimate of drug-likeness (QED) is 0.697. The van der Waals surface area contributed by atoms with Crippen molar-refractivity contribution in [2.75, 3.05) is 38.1 Å². The molecule has 2 saturated heterocycles. The van der Waals surface area contributed by atoms with Gasteiger partial charge in [0.2, 0.25) is 0 Å². The Bertz CT molecular complexity index is 1110. The molecule has 3 atom stereocenters. The van der Waals surface area contributed by atoms with Crippen LogP contribution in [0.2, 0.25) is 0 Å². The smallest absolute Gasteiger partial charge is 0.159 e. The number of aliphatic hydroxyl groups is 1. The molecule has 0 spiro atoms. The fraction of sp³-hybridized carbons (Fsp3) is 0.522. The van der Waals surface area contributed by atoms with Crippen LogP contribution in [0.1, 0.15) is 35.7 Å². The zero-order valence-electron chi connectivity index (χ0n) is 18.3. The van der Waals surface area contributed by atoms with Crippen molar-refractivity contribution < 1.29 is 9.50 Å². The van der Waals surface area contributed by atoms with Gasteiger partial charge in [-0.2, -0.15) is 5.10 Å². The van der Waals surface area contributed by atoms with E-state index in [1.54, 1.807) is 0 Å². The van der Waals surface area contributed by atoms with Crippen LogP contribution in [0.4, 0.5) is 10.2 Å². The number of fused-ring (bicyclic) bond motifs is 1. The third-order valence-electron chi connectivity index (χ3n) is 6.62. The molecule has 0 radical (unpaired) electrons. The lowest BCUT2D eigenvalue weighted by Crippen LogP contribution is -2.38. The minimum absolute atomic E-state index is 0.0993. The topological polar surface area (TPSA) is 70.3 Å². The molecule has 0 aliphatic carbocycles. The average Bonchev–Trinajstić information content (AvgIpc) is 3.33. The Morgan fingerprint density at radius 1 is 1.03 bits per heavy atom. The van der Waals surface area contributed by atoms with E-state index in [4.69, 9.17) is 0 Å². The maximum atomic E-state index is 14.9. The van der Waals surface area contributed by atoms with E-state index in [2.05, 4.69) is 43.9 Å².